The van der Waals surface area contributed by atoms with Crippen LogP contribution < -0.4 is 10.0 Å². The summed E-state index contributed by atoms with van der Waals surface area (Å²) >= 11 is 1.36. The van der Waals surface area contributed by atoms with Crippen LogP contribution in [0.4, 0.5) is 10.5 Å². The van der Waals surface area contributed by atoms with Crippen molar-refractivity contribution >= 4 is 40.0 Å². The van der Waals surface area contributed by atoms with Crippen molar-refractivity contribution in [2.24, 2.45) is 4.36 Å². The number of urea groups is 1. The van der Waals surface area contributed by atoms with E-state index in [-0.39, 0.29) is 0 Å². The first kappa shape index (κ1) is 20.7. The van der Waals surface area contributed by atoms with Gasteiger partial charge in [-0.2, -0.15) is 5.26 Å². The molecule has 4 rings (SSSR count). The summed E-state index contributed by atoms with van der Waals surface area (Å²) in [6.45, 7) is 5.55. The number of carbonyl (C=O) groups excluding carboxylic acids is 1. The van der Waals surface area contributed by atoms with Crippen LogP contribution in [-0.4, -0.2) is 16.1 Å². The minimum absolute atomic E-state index is 0.375. The fourth-order valence-corrected chi connectivity index (χ4v) is 6.06. The van der Waals surface area contributed by atoms with E-state index >= 15 is 0 Å². The van der Waals surface area contributed by atoms with Gasteiger partial charge >= 0.3 is 6.03 Å². The minimum Gasteiger partial charge on any atom is -0.386 e. The van der Waals surface area contributed by atoms with Gasteiger partial charge in [0.15, 0.2) is 6.19 Å². The number of anilines is 1. The van der Waals surface area contributed by atoms with Crippen molar-refractivity contribution in [2.75, 3.05) is 5.32 Å². The number of amides is 2. The maximum Gasteiger partial charge on any atom is 0.353 e. The molecule has 2 aromatic heterocycles. The Labute approximate surface area is 182 Å². The largest absolute Gasteiger partial charge is 0.386 e. The maximum atomic E-state index is 12.8. The topological polar surface area (TPSA) is 110 Å². The summed E-state index contributed by atoms with van der Waals surface area (Å²) in [7, 11) is -1.13. The smallest absolute Gasteiger partial charge is 0.353 e. The number of aliphatic hydroxyl groups is 1. The molecule has 2 heterocycles. The molecule has 0 bridgehead atoms. The fraction of sp³-hybridized carbons (Fsp3) is 0.381. The number of nitrogens with zero attached hydrogens (tertiary/aromatic N) is 3. The lowest BCUT2D eigenvalue weighted by atomic mass is 10.0. The Bertz CT molecular complexity index is 1120. The third-order valence-corrected chi connectivity index (χ3v) is 7.97. The zero-order valence-corrected chi connectivity index (χ0v) is 18.7. The Kier molecular flexibility index (Phi) is 5.49. The number of hydrogen-bond donors (Lipinski definition) is 3. The van der Waals surface area contributed by atoms with Crippen LogP contribution >= 0.6 is 11.3 Å². The van der Waals surface area contributed by atoms with Crippen molar-refractivity contribution in [1.82, 2.24) is 9.71 Å². The number of rotatable bonds is 4. The third kappa shape index (κ3) is 3.90. The molecule has 0 radical (unpaired) electrons. The highest BCUT2D eigenvalue weighted by atomic mass is 32.2. The van der Waals surface area contributed by atoms with Crippen LogP contribution in [0.1, 0.15) is 61.2 Å². The Hall–Kier alpha value is -2.54. The second-order valence-corrected chi connectivity index (χ2v) is 10.6. The Balaban J connectivity index is 1.66. The standard InChI is InChI=1S/C21H23N5O2S2/c1-12-7-8-15-18(12)24-16-6-4-5-14(16)19(15)25-20(27)26-30(23-11-22)17-9-13(10-29-17)21(2,3)28/h4-5,9-10,12,28H,6-8H2,1-3H3,(H2,23,24,25,26,27). The molecule has 2 aliphatic rings. The fourth-order valence-electron chi connectivity index (χ4n) is 3.75. The van der Waals surface area contributed by atoms with Gasteiger partial charge in [-0.25, -0.2) is 4.79 Å². The van der Waals surface area contributed by atoms with Gasteiger partial charge in [0.05, 0.1) is 32.1 Å². The van der Waals surface area contributed by atoms with Crippen molar-refractivity contribution < 1.29 is 9.90 Å². The number of aromatic nitrogens is 1. The van der Waals surface area contributed by atoms with Gasteiger partial charge in [-0.05, 0) is 55.2 Å². The van der Waals surface area contributed by atoms with Gasteiger partial charge in [0, 0.05) is 17.7 Å². The van der Waals surface area contributed by atoms with Crippen LogP contribution in [0.2, 0.25) is 0 Å². The first-order valence-corrected chi connectivity index (χ1v) is 11.8. The zero-order chi connectivity index (χ0) is 21.5. The molecular formula is C21H23N5O2S2. The Morgan fingerprint density at radius 1 is 1.50 bits per heavy atom. The summed E-state index contributed by atoms with van der Waals surface area (Å²) < 4.78 is 7.54. The highest BCUT2D eigenvalue weighted by Crippen LogP contribution is 2.40. The van der Waals surface area contributed by atoms with Gasteiger partial charge in [0.25, 0.3) is 0 Å². The molecule has 0 saturated heterocycles. The molecular weight excluding hydrogens is 418 g/mol. The average Bonchev–Trinajstić information content (AvgIpc) is 3.41. The first-order chi connectivity index (χ1) is 14.3. The van der Waals surface area contributed by atoms with Crippen LogP contribution in [-0.2, 0) is 29.3 Å². The average molecular weight is 442 g/mol. The molecule has 30 heavy (non-hydrogen) atoms. The van der Waals surface area contributed by atoms with E-state index < -0.39 is 22.5 Å². The lowest BCUT2D eigenvalue weighted by molar-refractivity contribution is 0.0789. The van der Waals surface area contributed by atoms with Crippen LogP contribution in [0.25, 0.3) is 6.08 Å². The van der Waals surface area contributed by atoms with E-state index in [1.807, 2.05) is 17.6 Å². The molecule has 0 saturated carbocycles. The maximum absolute atomic E-state index is 12.8. The molecule has 0 spiro atoms. The van der Waals surface area contributed by atoms with Crippen molar-refractivity contribution in [1.29, 1.82) is 5.26 Å². The van der Waals surface area contributed by atoms with Crippen molar-refractivity contribution in [3.05, 3.63) is 45.6 Å². The molecule has 7 nitrogen and oxygen atoms in total. The molecule has 0 fully saturated rings. The number of fused-ring (bicyclic) bond motifs is 2. The highest BCUT2D eigenvalue weighted by Gasteiger charge is 2.28. The molecule has 0 aliphatic heterocycles. The quantitative estimate of drug-likeness (QED) is 0.482. The van der Waals surface area contributed by atoms with E-state index in [9.17, 15) is 9.90 Å². The van der Waals surface area contributed by atoms with Crippen molar-refractivity contribution in [2.45, 2.75) is 55.8 Å². The summed E-state index contributed by atoms with van der Waals surface area (Å²) in [5.41, 5.74) is 4.62. The summed E-state index contributed by atoms with van der Waals surface area (Å²) in [6, 6.07) is 1.27. The summed E-state index contributed by atoms with van der Waals surface area (Å²) in [5.74, 6) is 0.375. The van der Waals surface area contributed by atoms with E-state index in [0.29, 0.717) is 10.1 Å². The number of allylic oxidation sites excluding steroid dienone is 1. The van der Waals surface area contributed by atoms with E-state index in [0.717, 1.165) is 53.0 Å². The number of hydrogen-bond acceptors (Lipinski definition) is 5. The van der Waals surface area contributed by atoms with E-state index in [4.69, 9.17) is 10.2 Å². The van der Waals surface area contributed by atoms with Gasteiger partial charge in [-0.3, -0.25) is 9.71 Å². The third-order valence-electron chi connectivity index (χ3n) is 5.36. The SMILES string of the molecule is CC1CCc2c1nc1c(c2NC(=O)/N=S(/NC#N)c2cc(C(C)(C)O)cs2)C=CC1. The number of thiophene rings is 1. The Morgan fingerprint density at radius 3 is 3.00 bits per heavy atom. The van der Waals surface area contributed by atoms with Crippen LogP contribution in [0.3, 0.4) is 0 Å². The zero-order valence-electron chi connectivity index (χ0n) is 17.0. The molecule has 3 N–H and O–H groups in total. The summed E-state index contributed by atoms with van der Waals surface area (Å²) in [6.07, 6.45) is 8.60. The van der Waals surface area contributed by atoms with Crippen molar-refractivity contribution in [3.63, 3.8) is 0 Å². The predicted molar refractivity (Wildman–Crippen MR) is 119 cm³/mol. The van der Waals surface area contributed by atoms with Gasteiger partial charge in [-0.1, -0.05) is 19.1 Å². The van der Waals surface area contributed by atoms with Crippen LogP contribution in [0, 0.1) is 11.5 Å². The monoisotopic (exact) mass is 441 g/mol. The molecule has 9 heteroatoms. The normalized spacial score (nSPS) is 18.0. The number of nitriles is 1. The molecule has 2 unspecified atom stereocenters. The van der Waals surface area contributed by atoms with Gasteiger partial charge in [0.1, 0.15) is 0 Å². The molecule has 2 aliphatic carbocycles. The molecule has 0 aromatic carbocycles. The van der Waals surface area contributed by atoms with Gasteiger partial charge in [-0.15, -0.1) is 15.7 Å². The lowest BCUT2D eigenvalue weighted by Gasteiger charge is -2.15. The van der Waals surface area contributed by atoms with E-state index in [1.165, 1.54) is 11.3 Å². The predicted octanol–water partition coefficient (Wildman–Crippen LogP) is 4.37. The molecule has 2 amide bonds. The molecule has 2 atom stereocenters. The lowest BCUT2D eigenvalue weighted by Crippen LogP contribution is -2.17. The van der Waals surface area contributed by atoms with Gasteiger partial charge in [0.2, 0.25) is 0 Å². The van der Waals surface area contributed by atoms with E-state index in [2.05, 4.69) is 27.4 Å². The van der Waals surface area contributed by atoms with Crippen molar-refractivity contribution in [3.8, 4) is 6.19 Å². The van der Waals surface area contributed by atoms with E-state index in [1.54, 1.807) is 19.9 Å². The second kappa shape index (κ2) is 7.95. The molecule has 2 aromatic rings. The second-order valence-electron chi connectivity index (χ2n) is 7.99. The molecule has 156 valence electrons. The number of carbonyl (C=O) groups is 1. The summed E-state index contributed by atoms with van der Waals surface area (Å²) in [5, 5.41) is 24.1. The Morgan fingerprint density at radius 2 is 2.30 bits per heavy atom. The highest BCUT2D eigenvalue weighted by molar-refractivity contribution is 7.88. The number of pyridine rings is 1. The number of nitrogens with one attached hydrogen (secondary N) is 2. The first-order valence-electron chi connectivity index (χ1n) is 9.73. The van der Waals surface area contributed by atoms with Crippen LogP contribution in [0.15, 0.2) is 26.1 Å². The van der Waals surface area contributed by atoms with Crippen LogP contribution in [0.5, 0.6) is 0 Å². The summed E-state index contributed by atoms with van der Waals surface area (Å²) in [4.78, 5) is 17.7. The minimum atomic E-state index is -1.13. The van der Waals surface area contributed by atoms with Gasteiger partial charge < -0.3 is 10.4 Å².